The number of piperidine rings is 5. The number of nitrogens with one attached hydrogen (secondary N) is 5. The van der Waals surface area contributed by atoms with E-state index in [1.807, 2.05) is 138 Å². The summed E-state index contributed by atoms with van der Waals surface area (Å²) in [6.45, 7) is 39.3. The van der Waals surface area contributed by atoms with Crippen LogP contribution >= 0.6 is 0 Å². The first-order valence-electron chi connectivity index (χ1n) is 26.3. The van der Waals surface area contributed by atoms with Crippen LogP contribution in [0, 0.1) is 35.4 Å². The molecule has 0 unspecified atom stereocenters. The van der Waals surface area contributed by atoms with Crippen LogP contribution in [0.1, 0.15) is 203 Å². The number of carbonyl (C=O) groups is 5. The fourth-order valence-electron chi connectivity index (χ4n) is 14.4. The standard InChI is InChI=1S/C56H90FN5O10/c1-47(2)21-31(22-48(3,4)58-47)42(63)68-37-36(57)38(69-43(64)32-23-49(5,6)59-50(7,8)24-32)40(71-45(66)34-27-53(13,14)61-54(15,16)28-34)41(72-46(67)35-29-55(17,18)62-56(19,20)30-35)39(37)70-44(65)33-25-51(9,10)60-52(11,12)26-33/h31-35,58-62H,21-30H2,1-20H3. The third-order valence-electron chi connectivity index (χ3n) is 14.9. The van der Waals surface area contributed by atoms with Gasteiger partial charge in [0, 0.05) is 55.4 Å². The topological polar surface area (TPSA) is 192 Å². The predicted molar refractivity (Wildman–Crippen MR) is 275 cm³/mol. The minimum Gasteiger partial charge on any atom is -0.419 e. The molecule has 0 atom stereocenters. The summed E-state index contributed by atoms with van der Waals surface area (Å²) in [7, 11) is 0. The molecule has 0 bridgehead atoms. The predicted octanol–water partition coefficient (Wildman–Crippen LogP) is 9.14. The van der Waals surface area contributed by atoms with Crippen LogP contribution in [-0.4, -0.2) is 85.2 Å². The van der Waals surface area contributed by atoms with E-state index < -0.39 is 149 Å². The highest BCUT2D eigenvalue weighted by Gasteiger charge is 2.50. The Hall–Kier alpha value is -3.70. The van der Waals surface area contributed by atoms with E-state index in [1.54, 1.807) is 0 Å². The monoisotopic (exact) mass is 1010 g/mol. The Bertz CT molecular complexity index is 2100. The quantitative estimate of drug-likeness (QED) is 0.110. The number of ether oxygens (including phenoxy) is 5. The maximum atomic E-state index is 18.5. The van der Waals surface area contributed by atoms with Gasteiger partial charge in [0.1, 0.15) is 0 Å². The first-order valence-corrected chi connectivity index (χ1v) is 26.3. The SMILES string of the molecule is CC1(C)CC(C(=O)Oc2c(F)c(OC(=O)C3CC(C)(C)NC(C)(C)C3)c(OC(=O)C3CC(C)(C)NC(C)(C)C3)c(OC(=O)C3CC(C)(C)NC(C)(C)C3)c2OC(=O)C2CC(C)(C)NC(C)(C)C2)CC(C)(C)N1. The molecule has 6 rings (SSSR count). The molecule has 0 spiro atoms. The molecule has 1 aromatic carbocycles. The highest BCUT2D eigenvalue weighted by Crippen LogP contribution is 2.56. The third-order valence-corrected chi connectivity index (χ3v) is 14.9. The lowest BCUT2D eigenvalue weighted by molar-refractivity contribution is -0.147. The van der Waals surface area contributed by atoms with Crippen molar-refractivity contribution < 1.29 is 52.0 Å². The van der Waals surface area contributed by atoms with E-state index in [9.17, 15) is 19.2 Å². The van der Waals surface area contributed by atoms with E-state index in [0.717, 1.165) is 0 Å². The van der Waals surface area contributed by atoms with Crippen molar-refractivity contribution >= 4 is 29.8 Å². The second-order valence-corrected chi connectivity index (χ2v) is 29.1. The zero-order valence-corrected chi connectivity index (χ0v) is 47.4. The van der Waals surface area contributed by atoms with Crippen molar-refractivity contribution in [3.05, 3.63) is 5.82 Å². The van der Waals surface area contributed by atoms with Gasteiger partial charge in [-0.05, 0) is 203 Å². The van der Waals surface area contributed by atoms with Gasteiger partial charge in [-0.3, -0.25) is 24.0 Å². The van der Waals surface area contributed by atoms with E-state index in [0.29, 0.717) is 64.2 Å². The molecule has 5 heterocycles. The fraction of sp³-hybridized carbons (Fsp3) is 0.804. The van der Waals surface area contributed by atoms with Crippen molar-refractivity contribution in [1.82, 2.24) is 26.6 Å². The number of rotatable bonds is 10. The van der Waals surface area contributed by atoms with Crippen LogP contribution in [-0.2, 0) is 24.0 Å². The molecule has 0 aliphatic carbocycles. The van der Waals surface area contributed by atoms with Crippen molar-refractivity contribution in [2.24, 2.45) is 29.6 Å². The van der Waals surface area contributed by atoms with E-state index in [4.69, 9.17) is 23.7 Å². The van der Waals surface area contributed by atoms with E-state index in [-0.39, 0.29) is 0 Å². The van der Waals surface area contributed by atoms with Gasteiger partial charge in [-0.15, -0.1) is 0 Å². The fourth-order valence-corrected chi connectivity index (χ4v) is 14.4. The van der Waals surface area contributed by atoms with Crippen LogP contribution < -0.4 is 50.3 Å². The summed E-state index contributed by atoms with van der Waals surface area (Å²) in [5, 5.41) is 17.8. The van der Waals surface area contributed by atoms with Gasteiger partial charge >= 0.3 is 29.8 Å². The number of hydrogen-bond donors (Lipinski definition) is 5. The first kappa shape index (κ1) is 57.6. The molecule has 0 radical (unpaired) electrons. The molecule has 0 saturated carbocycles. The molecular weight excluding hydrogens is 922 g/mol. The Morgan fingerprint density at radius 2 is 0.417 bits per heavy atom. The van der Waals surface area contributed by atoms with Crippen LogP contribution in [0.25, 0.3) is 0 Å². The second kappa shape index (κ2) is 19.1. The summed E-state index contributed by atoms with van der Waals surface area (Å²) in [5.74, 6) is -13.6. The number of carbonyl (C=O) groups excluding carboxylic acids is 5. The average molecular weight is 1010 g/mol. The molecule has 5 fully saturated rings. The maximum absolute atomic E-state index is 18.5. The van der Waals surface area contributed by atoms with Gasteiger partial charge in [0.15, 0.2) is 0 Å². The van der Waals surface area contributed by atoms with Crippen molar-refractivity contribution in [1.29, 1.82) is 0 Å². The Kier molecular flexibility index (Phi) is 15.3. The summed E-state index contributed by atoms with van der Waals surface area (Å²) in [6, 6.07) is 0. The Morgan fingerprint density at radius 1 is 0.292 bits per heavy atom. The minimum absolute atomic E-state index is 0.302. The second-order valence-electron chi connectivity index (χ2n) is 29.1. The molecular formula is C56H90FN5O10. The molecule has 0 amide bonds. The van der Waals surface area contributed by atoms with E-state index in [1.165, 1.54) is 0 Å². The van der Waals surface area contributed by atoms with E-state index >= 15 is 9.18 Å². The van der Waals surface area contributed by atoms with Crippen molar-refractivity contribution in [3.63, 3.8) is 0 Å². The molecule has 406 valence electrons. The Labute approximate surface area is 429 Å². The van der Waals surface area contributed by atoms with Crippen molar-refractivity contribution in [2.75, 3.05) is 0 Å². The average Bonchev–Trinajstić information content (AvgIpc) is 3.12. The van der Waals surface area contributed by atoms with Crippen LogP contribution in [0.3, 0.4) is 0 Å². The lowest BCUT2D eigenvalue weighted by atomic mass is 9.76. The smallest absolute Gasteiger partial charge is 0.314 e. The Morgan fingerprint density at radius 3 is 0.569 bits per heavy atom. The first-order chi connectivity index (χ1) is 32.4. The summed E-state index contributed by atoms with van der Waals surface area (Å²) >= 11 is 0. The molecule has 1 aromatic rings. The number of halogens is 1. The van der Waals surface area contributed by atoms with Crippen LogP contribution in [0.2, 0.25) is 0 Å². The van der Waals surface area contributed by atoms with Crippen LogP contribution in [0.5, 0.6) is 28.7 Å². The summed E-state index contributed by atoms with van der Waals surface area (Å²) in [5.41, 5.74) is -5.44. The van der Waals surface area contributed by atoms with Crippen molar-refractivity contribution in [2.45, 2.75) is 258 Å². The van der Waals surface area contributed by atoms with Crippen LogP contribution in [0.15, 0.2) is 0 Å². The molecule has 16 heteroatoms. The molecule has 5 N–H and O–H groups in total. The summed E-state index contributed by atoms with van der Waals surface area (Å²) in [4.78, 5) is 74.4. The van der Waals surface area contributed by atoms with Gasteiger partial charge in [0.05, 0.1) is 29.6 Å². The van der Waals surface area contributed by atoms with Gasteiger partial charge in [0.25, 0.3) is 0 Å². The van der Waals surface area contributed by atoms with E-state index in [2.05, 4.69) is 26.6 Å². The van der Waals surface area contributed by atoms with Gasteiger partial charge in [-0.1, -0.05) is 0 Å². The molecule has 5 aliphatic rings. The highest BCUT2D eigenvalue weighted by molar-refractivity contribution is 5.88. The number of hydrogen-bond acceptors (Lipinski definition) is 15. The lowest BCUT2D eigenvalue weighted by Crippen LogP contribution is -2.59. The third kappa shape index (κ3) is 14.4. The maximum Gasteiger partial charge on any atom is 0.314 e. The normalized spacial score (nSPS) is 26.4. The van der Waals surface area contributed by atoms with Gasteiger partial charge in [-0.25, -0.2) is 0 Å². The van der Waals surface area contributed by atoms with Crippen LogP contribution in [0.4, 0.5) is 4.39 Å². The molecule has 5 aliphatic heterocycles. The molecule has 0 aromatic heterocycles. The number of benzene rings is 1. The zero-order valence-electron chi connectivity index (χ0n) is 47.4. The minimum atomic E-state index is -1.44. The largest absolute Gasteiger partial charge is 0.419 e. The zero-order chi connectivity index (χ0) is 54.4. The molecule has 72 heavy (non-hydrogen) atoms. The highest BCUT2D eigenvalue weighted by atomic mass is 19.1. The summed E-state index contributed by atoms with van der Waals surface area (Å²) in [6.07, 6.45) is 3.06. The van der Waals surface area contributed by atoms with Gasteiger partial charge < -0.3 is 50.3 Å². The van der Waals surface area contributed by atoms with Gasteiger partial charge in [-0.2, -0.15) is 4.39 Å². The molecule has 5 saturated heterocycles. The lowest BCUT2D eigenvalue weighted by Gasteiger charge is -2.46. The van der Waals surface area contributed by atoms with Gasteiger partial charge in [0.2, 0.25) is 34.6 Å². The number of esters is 5. The Balaban J connectivity index is 1.63. The summed E-state index contributed by atoms with van der Waals surface area (Å²) < 4.78 is 50.0. The van der Waals surface area contributed by atoms with Crippen molar-refractivity contribution in [3.8, 4) is 28.7 Å². The molecule has 15 nitrogen and oxygen atoms in total.